The molecule has 1 unspecified atom stereocenters. The summed E-state index contributed by atoms with van der Waals surface area (Å²) in [6.07, 6.45) is 1.78. The van der Waals surface area contributed by atoms with E-state index in [1.807, 2.05) is 56.7 Å². The molecule has 0 amide bonds. The van der Waals surface area contributed by atoms with Crippen LogP contribution in [0.5, 0.6) is 5.75 Å². The molecule has 3 rings (SSSR count). The number of aromatic nitrogens is 3. The summed E-state index contributed by atoms with van der Waals surface area (Å²) in [5.41, 5.74) is 0.755. The molecule has 1 aromatic carbocycles. The van der Waals surface area contributed by atoms with Gasteiger partial charge in [0.1, 0.15) is 18.1 Å². The minimum Gasteiger partial charge on any atom is -0.490 e. The van der Waals surface area contributed by atoms with Gasteiger partial charge in [0.2, 0.25) is 0 Å². The zero-order valence-electron chi connectivity index (χ0n) is 17.8. The number of benzene rings is 1. The lowest BCUT2D eigenvalue weighted by atomic mass is 10.2. The molecule has 3 aromatic rings. The third-order valence-corrected chi connectivity index (χ3v) is 4.58. The molecule has 0 aliphatic carbocycles. The van der Waals surface area contributed by atoms with Crippen molar-refractivity contribution in [1.29, 1.82) is 0 Å². The van der Waals surface area contributed by atoms with Gasteiger partial charge in [0.25, 0.3) is 0 Å². The second-order valence-corrected chi connectivity index (χ2v) is 6.68. The van der Waals surface area contributed by atoms with Crippen molar-refractivity contribution in [2.24, 2.45) is 12.0 Å². The summed E-state index contributed by atoms with van der Waals surface area (Å²) in [6, 6.07) is 7.81. The number of nitrogens with one attached hydrogen (secondary N) is 2. The normalized spacial score (nSPS) is 12.3. The van der Waals surface area contributed by atoms with Gasteiger partial charge in [-0.25, -0.2) is 4.99 Å². The van der Waals surface area contributed by atoms with Crippen LogP contribution in [0.25, 0.3) is 11.0 Å². The van der Waals surface area contributed by atoms with E-state index in [0.717, 1.165) is 34.1 Å². The van der Waals surface area contributed by atoms with E-state index in [4.69, 9.17) is 9.15 Å². The second kappa shape index (κ2) is 11.0. The van der Waals surface area contributed by atoms with Gasteiger partial charge in [0.15, 0.2) is 23.1 Å². The van der Waals surface area contributed by atoms with Gasteiger partial charge >= 0.3 is 0 Å². The van der Waals surface area contributed by atoms with E-state index in [0.29, 0.717) is 25.7 Å². The van der Waals surface area contributed by atoms with E-state index in [-0.39, 0.29) is 30.0 Å². The second-order valence-electron chi connectivity index (χ2n) is 6.68. The van der Waals surface area contributed by atoms with E-state index < -0.39 is 0 Å². The van der Waals surface area contributed by atoms with E-state index in [1.54, 1.807) is 6.08 Å². The Morgan fingerprint density at radius 2 is 2.20 bits per heavy atom. The van der Waals surface area contributed by atoms with Crippen molar-refractivity contribution in [3.63, 3.8) is 0 Å². The Bertz CT molecular complexity index is 1010. The van der Waals surface area contributed by atoms with Crippen LogP contribution in [-0.4, -0.2) is 33.9 Å². The third-order valence-electron chi connectivity index (χ3n) is 4.58. The molecule has 162 valence electrons. The van der Waals surface area contributed by atoms with Crippen molar-refractivity contribution in [2.75, 3.05) is 13.2 Å². The van der Waals surface area contributed by atoms with Gasteiger partial charge in [-0.2, -0.15) is 0 Å². The van der Waals surface area contributed by atoms with Crippen LogP contribution < -0.4 is 15.4 Å². The third kappa shape index (κ3) is 5.53. The fraction of sp³-hybridized carbons (Fsp3) is 0.381. The van der Waals surface area contributed by atoms with Crippen molar-refractivity contribution >= 4 is 40.9 Å². The Hall–Kier alpha value is -2.56. The molecule has 0 fully saturated rings. The quantitative estimate of drug-likeness (QED) is 0.201. The Morgan fingerprint density at radius 3 is 2.87 bits per heavy atom. The molecule has 8 nitrogen and oxygen atoms in total. The largest absolute Gasteiger partial charge is 0.490 e. The number of aryl methyl sites for hydroxylation is 1. The standard InChI is InChI=1S/C21H28N6O2.HI/c1-6-11-22-21(23-13-19-26-25-15(4)27(19)5)24-14(3)18-12-16-9-8-10-17(28-7-2)20(16)29-18;/h6,8-10,12,14H,1,7,11,13H2,2-5H3,(H2,22,23,24);1H. The lowest BCUT2D eigenvalue weighted by Gasteiger charge is -2.16. The maximum absolute atomic E-state index is 6.09. The average molecular weight is 524 g/mol. The lowest BCUT2D eigenvalue weighted by molar-refractivity contribution is 0.336. The van der Waals surface area contributed by atoms with Crippen LogP contribution in [0.4, 0.5) is 0 Å². The van der Waals surface area contributed by atoms with Gasteiger partial charge in [0, 0.05) is 19.0 Å². The molecule has 2 heterocycles. The van der Waals surface area contributed by atoms with Crippen LogP contribution in [0.2, 0.25) is 0 Å². The first-order chi connectivity index (χ1) is 14.0. The molecule has 0 saturated carbocycles. The fourth-order valence-corrected chi connectivity index (χ4v) is 2.87. The smallest absolute Gasteiger partial charge is 0.192 e. The molecular weight excluding hydrogens is 495 g/mol. The summed E-state index contributed by atoms with van der Waals surface area (Å²) in [7, 11) is 1.93. The molecule has 2 N–H and O–H groups in total. The first kappa shape index (κ1) is 23.7. The highest BCUT2D eigenvalue weighted by molar-refractivity contribution is 14.0. The van der Waals surface area contributed by atoms with Gasteiger partial charge in [-0.05, 0) is 32.9 Å². The summed E-state index contributed by atoms with van der Waals surface area (Å²) in [6.45, 7) is 11.2. The van der Waals surface area contributed by atoms with E-state index in [2.05, 4.69) is 32.4 Å². The molecule has 0 bridgehead atoms. The zero-order valence-corrected chi connectivity index (χ0v) is 20.1. The van der Waals surface area contributed by atoms with E-state index in [1.165, 1.54) is 0 Å². The maximum atomic E-state index is 6.09. The monoisotopic (exact) mass is 524 g/mol. The van der Waals surface area contributed by atoms with E-state index in [9.17, 15) is 0 Å². The maximum Gasteiger partial charge on any atom is 0.192 e. The topological polar surface area (TPSA) is 89.5 Å². The number of hydrogen-bond acceptors (Lipinski definition) is 5. The number of furan rings is 1. The molecule has 30 heavy (non-hydrogen) atoms. The highest BCUT2D eigenvalue weighted by atomic mass is 127. The molecule has 0 aliphatic heterocycles. The Balaban J connectivity index is 0.00000320. The van der Waals surface area contributed by atoms with Crippen molar-refractivity contribution in [3.8, 4) is 5.75 Å². The van der Waals surface area contributed by atoms with E-state index >= 15 is 0 Å². The van der Waals surface area contributed by atoms with Crippen LogP contribution in [0.1, 0.15) is 37.3 Å². The summed E-state index contributed by atoms with van der Waals surface area (Å²) in [5.74, 6) is 3.84. The number of para-hydroxylation sites is 1. The van der Waals surface area contributed by atoms with Gasteiger partial charge in [-0.1, -0.05) is 18.2 Å². The molecule has 1 atom stereocenters. The predicted molar refractivity (Wildman–Crippen MR) is 129 cm³/mol. The number of halogens is 1. The number of fused-ring (bicyclic) bond motifs is 1. The Labute approximate surface area is 193 Å². The van der Waals surface area contributed by atoms with Crippen LogP contribution in [0.15, 0.2) is 46.3 Å². The van der Waals surface area contributed by atoms with Crippen molar-refractivity contribution in [2.45, 2.75) is 33.4 Å². The van der Waals surface area contributed by atoms with Crippen molar-refractivity contribution in [1.82, 2.24) is 25.4 Å². The molecule has 9 heteroatoms. The van der Waals surface area contributed by atoms with Gasteiger partial charge < -0.3 is 24.4 Å². The average Bonchev–Trinajstić information content (AvgIpc) is 3.29. The number of guanidine groups is 1. The summed E-state index contributed by atoms with van der Waals surface area (Å²) >= 11 is 0. The summed E-state index contributed by atoms with van der Waals surface area (Å²) in [5, 5.41) is 15.8. The minimum absolute atomic E-state index is 0. The highest BCUT2D eigenvalue weighted by Gasteiger charge is 2.16. The number of rotatable bonds is 8. The van der Waals surface area contributed by atoms with Gasteiger partial charge in [-0.3, -0.25) is 0 Å². The van der Waals surface area contributed by atoms with Crippen molar-refractivity contribution < 1.29 is 9.15 Å². The SMILES string of the molecule is C=CCNC(=NCc1nnc(C)n1C)NC(C)c1cc2cccc(OCC)c2o1.I. The minimum atomic E-state index is -0.103. The van der Waals surface area contributed by atoms with Gasteiger partial charge in [-0.15, -0.1) is 40.8 Å². The molecule has 0 spiro atoms. The van der Waals surface area contributed by atoms with Gasteiger partial charge in [0.05, 0.1) is 12.6 Å². The highest BCUT2D eigenvalue weighted by Crippen LogP contribution is 2.31. The lowest BCUT2D eigenvalue weighted by Crippen LogP contribution is -2.38. The first-order valence-corrected chi connectivity index (χ1v) is 9.69. The molecule has 0 radical (unpaired) electrons. The number of hydrogen-bond donors (Lipinski definition) is 2. The van der Waals surface area contributed by atoms with Crippen LogP contribution in [-0.2, 0) is 13.6 Å². The number of nitrogens with zero attached hydrogens (tertiary/aromatic N) is 4. The molecule has 0 saturated heterocycles. The van der Waals surface area contributed by atoms with Crippen LogP contribution in [0.3, 0.4) is 0 Å². The molecular formula is C21H29IN6O2. The summed E-state index contributed by atoms with van der Waals surface area (Å²) < 4.78 is 13.7. The Kier molecular flexibility index (Phi) is 8.70. The molecule has 0 aliphatic rings. The first-order valence-electron chi connectivity index (χ1n) is 9.69. The molecule has 2 aromatic heterocycles. The fourth-order valence-electron chi connectivity index (χ4n) is 2.87. The Morgan fingerprint density at radius 1 is 1.40 bits per heavy atom. The van der Waals surface area contributed by atoms with Crippen LogP contribution >= 0.6 is 24.0 Å². The van der Waals surface area contributed by atoms with Crippen molar-refractivity contribution in [3.05, 3.63) is 54.3 Å². The summed E-state index contributed by atoms with van der Waals surface area (Å²) in [4.78, 5) is 4.63. The number of ether oxygens (including phenoxy) is 1. The predicted octanol–water partition coefficient (Wildman–Crippen LogP) is 3.87. The zero-order chi connectivity index (χ0) is 20.8. The van der Waals surface area contributed by atoms with Crippen LogP contribution in [0, 0.1) is 6.92 Å². The number of aliphatic imine (C=N–C) groups is 1.